The van der Waals surface area contributed by atoms with E-state index in [1.165, 1.54) is 0 Å². The van der Waals surface area contributed by atoms with E-state index in [-0.39, 0.29) is 47.3 Å². The first-order chi connectivity index (χ1) is 25.7. The van der Waals surface area contributed by atoms with Crippen LogP contribution < -0.4 is 25.6 Å². The summed E-state index contributed by atoms with van der Waals surface area (Å²) in [6.45, 7) is 10.8. The van der Waals surface area contributed by atoms with Gasteiger partial charge in [0.15, 0.2) is 0 Å². The van der Waals surface area contributed by atoms with E-state index in [2.05, 4.69) is 54.6 Å². The average Bonchev–Trinajstić information content (AvgIpc) is 3.36. The summed E-state index contributed by atoms with van der Waals surface area (Å²) in [6.07, 6.45) is 2.01. The number of hydrogen-bond donors (Lipinski definition) is 3. The zero-order valence-electron chi connectivity index (χ0n) is 30.7. The third-order valence-electron chi connectivity index (χ3n) is 11.4. The molecule has 3 heterocycles. The van der Waals surface area contributed by atoms with Gasteiger partial charge in [-0.25, -0.2) is 0 Å². The Labute approximate surface area is 319 Å². The quantitative estimate of drug-likeness (QED) is 0.169. The Morgan fingerprint density at radius 1 is 0.963 bits per heavy atom. The van der Waals surface area contributed by atoms with Gasteiger partial charge >= 0.3 is 0 Å². The third kappa shape index (κ3) is 6.66. The number of nitriles is 1. The molecule has 3 aromatic carbocycles. The molecule has 1 aliphatic carbocycles. The van der Waals surface area contributed by atoms with Crippen LogP contribution >= 0.6 is 11.6 Å². The van der Waals surface area contributed by atoms with E-state index in [1.807, 2.05) is 30.3 Å². The summed E-state index contributed by atoms with van der Waals surface area (Å²) in [5, 5.41) is 18.4. The highest BCUT2D eigenvalue weighted by Gasteiger charge is 2.64. The smallest absolute Gasteiger partial charge is 0.262 e. The number of benzene rings is 3. The molecule has 3 fully saturated rings. The van der Waals surface area contributed by atoms with Crippen molar-refractivity contribution < 1.29 is 28.7 Å². The zero-order valence-corrected chi connectivity index (χ0v) is 31.5. The van der Waals surface area contributed by atoms with Crippen LogP contribution in [-0.4, -0.2) is 72.3 Å². The molecule has 280 valence electrons. The van der Waals surface area contributed by atoms with Gasteiger partial charge in [0.2, 0.25) is 11.8 Å². The standard InChI is InChI=1S/C41H43ClN6O6/c1-40(2)38(41(3,4)39(40)54-28-13-9-25(20-43)31(42)19-28)46-34(50)24-7-10-26(11-8-24)44-17-5-6-23-21-47(22-23)27-12-14-29-30(18-27)37(53)48(36(29)52)32-15-16-33(49)45-35(32)51/h7-14,18-19,23,32,38-39,44H,5-6,15-17,21-22H2,1-4H3,(H,46,50)(H,45,49,51)/t32?,38-,39-. The van der Waals surface area contributed by atoms with E-state index in [0.29, 0.717) is 33.4 Å². The Balaban J connectivity index is 0.845. The fourth-order valence-electron chi connectivity index (χ4n) is 8.79. The molecule has 5 amide bonds. The first kappa shape index (κ1) is 36.9. The van der Waals surface area contributed by atoms with Crippen molar-refractivity contribution in [3.05, 3.63) is 87.9 Å². The van der Waals surface area contributed by atoms with Crippen LogP contribution in [0, 0.1) is 28.1 Å². The van der Waals surface area contributed by atoms with Gasteiger partial charge in [0.25, 0.3) is 17.7 Å². The fourth-order valence-corrected chi connectivity index (χ4v) is 9.00. The molecule has 7 rings (SSSR count). The van der Waals surface area contributed by atoms with Gasteiger partial charge in [-0.3, -0.25) is 34.2 Å². The molecule has 0 radical (unpaired) electrons. The van der Waals surface area contributed by atoms with Gasteiger partial charge in [-0.15, -0.1) is 0 Å². The van der Waals surface area contributed by atoms with Gasteiger partial charge in [0, 0.05) is 65.9 Å². The number of piperidine rings is 1. The summed E-state index contributed by atoms with van der Waals surface area (Å²) in [5.74, 6) is -1.08. The van der Waals surface area contributed by atoms with Crippen molar-refractivity contribution in [3.63, 3.8) is 0 Å². The maximum atomic E-state index is 13.3. The van der Waals surface area contributed by atoms with E-state index >= 15 is 0 Å². The molecule has 2 saturated heterocycles. The summed E-state index contributed by atoms with van der Waals surface area (Å²) in [4.78, 5) is 66.6. The van der Waals surface area contributed by atoms with Crippen LogP contribution in [0.3, 0.4) is 0 Å². The highest BCUT2D eigenvalue weighted by atomic mass is 35.5. The highest BCUT2D eigenvalue weighted by molar-refractivity contribution is 6.31. The van der Waals surface area contributed by atoms with Crippen LogP contribution in [-0.2, 0) is 9.59 Å². The molecule has 3 aromatic rings. The number of carbonyl (C=O) groups excluding carboxylic acids is 5. The number of hydrogen-bond acceptors (Lipinski definition) is 9. The molecule has 0 aromatic heterocycles. The van der Waals surface area contributed by atoms with Gasteiger partial charge in [-0.2, -0.15) is 5.26 Å². The van der Waals surface area contributed by atoms with Crippen molar-refractivity contribution >= 4 is 52.5 Å². The second-order valence-electron chi connectivity index (χ2n) is 15.9. The predicted molar refractivity (Wildman–Crippen MR) is 202 cm³/mol. The number of fused-ring (bicyclic) bond motifs is 1. The van der Waals surface area contributed by atoms with Gasteiger partial charge in [0.05, 0.1) is 21.7 Å². The van der Waals surface area contributed by atoms with Gasteiger partial charge in [-0.05, 0) is 79.8 Å². The minimum Gasteiger partial charge on any atom is -0.489 e. The summed E-state index contributed by atoms with van der Waals surface area (Å²) < 4.78 is 6.34. The number of nitrogens with zero attached hydrogens (tertiary/aromatic N) is 3. The Kier molecular flexibility index (Phi) is 9.64. The SMILES string of the molecule is CC1(C)[C@H](NC(=O)c2ccc(NCCCC3CN(c4ccc5c(c4)C(=O)N(C4CCC(=O)NC4=O)C5=O)C3)cc2)C(C)(C)[C@H]1Oc1ccc(C#N)c(Cl)c1. The molecule has 54 heavy (non-hydrogen) atoms. The number of halogens is 1. The lowest BCUT2D eigenvalue weighted by atomic mass is 9.49. The lowest BCUT2D eigenvalue weighted by Crippen LogP contribution is -2.74. The summed E-state index contributed by atoms with van der Waals surface area (Å²) in [5.41, 5.74) is 2.62. The Hall–Kier alpha value is -5.41. The highest BCUT2D eigenvalue weighted by Crippen LogP contribution is 2.55. The van der Waals surface area contributed by atoms with Crippen molar-refractivity contribution in [2.75, 3.05) is 29.9 Å². The molecule has 3 N–H and O–H groups in total. The number of rotatable bonds is 11. The van der Waals surface area contributed by atoms with E-state index in [4.69, 9.17) is 16.3 Å². The molecule has 0 bridgehead atoms. The first-order valence-electron chi connectivity index (χ1n) is 18.3. The van der Waals surface area contributed by atoms with Gasteiger partial charge in [0.1, 0.15) is 24.0 Å². The second-order valence-corrected chi connectivity index (χ2v) is 16.3. The maximum Gasteiger partial charge on any atom is 0.262 e. The van der Waals surface area contributed by atoms with Gasteiger partial charge in [-0.1, -0.05) is 39.3 Å². The normalized spacial score (nSPS) is 22.8. The number of ether oxygens (including phenoxy) is 1. The van der Waals surface area contributed by atoms with Crippen LogP contribution in [0.25, 0.3) is 0 Å². The third-order valence-corrected chi connectivity index (χ3v) is 11.8. The number of carbonyl (C=O) groups is 5. The molecule has 1 unspecified atom stereocenters. The monoisotopic (exact) mass is 750 g/mol. The molecule has 1 atom stereocenters. The van der Waals surface area contributed by atoms with Crippen molar-refractivity contribution in [1.82, 2.24) is 15.5 Å². The number of anilines is 2. The number of imide groups is 2. The van der Waals surface area contributed by atoms with Crippen LogP contribution in [0.2, 0.25) is 5.02 Å². The largest absolute Gasteiger partial charge is 0.489 e. The molecule has 4 aliphatic rings. The van der Waals surface area contributed by atoms with Crippen molar-refractivity contribution in [2.45, 2.75) is 71.6 Å². The Morgan fingerprint density at radius 3 is 2.33 bits per heavy atom. The van der Waals surface area contributed by atoms with E-state index in [9.17, 15) is 29.2 Å². The minimum atomic E-state index is -0.977. The van der Waals surface area contributed by atoms with Crippen molar-refractivity contribution in [2.24, 2.45) is 16.7 Å². The fraction of sp³-hybridized carbons (Fsp3) is 0.415. The predicted octanol–water partition coefficient (Wildman–Crippen LogP) is 5.55. The van der Waals surface area contributed by atoms with E-state index < -0.39 is 29.7 Å². The topological polar surface area (TPSA) is 161 Å². The lowest BCUT2D eigenvalue weighted by Gasteiger charge is -2.63. The maximum absolute atomic E-state index is 13.3. The summed E-state index contributed by atoms with van der Waals surface area (Å²) in [6, 6.07) is 18.7. The van der Waals surface area contributed by atoms with Crippen LogP contribution in [0.1, 0.15) is 90.0 Å². The molecular formula is C41H43ClN6O6. The number of nitrogens with one attached hydrogen (secondary N) is 3. The van der Waals surface area contributed by atoms with Crippen LogP contribution in [0.4, 0.5) is 11.4 Å². The first-order valence-corrected chi connectivity index (χ1v) is 18.7. The second kappa shape index (κ2) is 14.1. The van der Waals surface area contributed by atoms with E-state index in [0.717, 1.165) is 48.8 Å². The molecule has 1 saturated carbocycles. The lowest BCUT2D eigenvalue weighted by molar-refractivity contribution is -0.164. The number of amides is 5. The van der Waals surface area contributed by atoms with Crippen molar-refractivity contribution in [1.29, 1.82) is 5.26 Å². The van der Waals surface area contributed by atoms with Crippen LogP contribution in [0.15, 0.2) is 60.7 Å². The molecular weight excluding hydrogens is 708 g/mol. The van der Waals surface area contributed by atoms with Crippen molar-refractivity contribution in [3.8, 4) is 11.8 Å². The minimum absolute atomic E-state index is 0.0853. The van der Waals surface area contributed by atoms with Gasteiger partial charge < -0.3 is 20.3 Å². The zero-order chi connectivity index (χ0) is 38.5. The van der Waals surface area contributed by atoms with E-state index in [1.54, 1.807) is 30.3 Å². The Morgan fingerprint density at radius 2 is 1.67 bits per heavy atom. The summed E-state index contributed by atoms with van der Waals surface area (Å²) >= 11 is 6.22. The molecule has 12 nitrogen and oxygen atoms in total. The Bertz CT molecular complexity index is 2070. The van der Waals surface area contributed by atoms with Crippen LogP contribution in [0.5, 0.6) is 5.75 Å². The molecule has 3 aliphatic heterocycles. The summed E-state index contributed by atoms with van der Waals surface area (Å²) in [7, 11) is 0. The molecule has 13 heteroatoms. The molecule has 0 spiro atoms. The average molecular weight is 751 g/mol.